The molecule has 0 spiro atoms. The molecule has 12 heteroatoms. The van der Waals surface area contributed by atoms with E-state index in [1.54, 1.807) is 74.1 Å². The van der Waals surface area contributed by atoms with Gasteiger partial charge in [-0.15, -0.1) is 0 Å². The average molecular weight is 738 g/mol. The topological polar surface area (TPSA) is 100 Å². The molecule has 3 fully saturated rings. The Morgan fingerprint density at radius 3 is 2.39 bits per heavy atom. The number of rotatable bonds is 14. The summed E-state index contributed by atoms with van der Waals surface area (Å²) in [5.41, 5.74) is 2.66. The Morgan fingerprint density at radius 1 is 0.961 bits per heavy atom. The normalized spacial score (nSPS) is 19.2. The van der Waals surface area contributed by atoms with Crippen LogP contribution in [0.3, 0.4) is 0 Å². The maximum absolute atomic E-state index is 15.0. The van der Waals surface area contributed by atoms with Crippen molar-refractivity contribution < 1.29 is 37.9 Å². The van der Waals surface area contributed by atoms with E-state index in [1.165, 1.54) is 13.2 Å². The maximum atomic E-state index is 15.0. The van der Waals surface area contributed by atoms with Gasteiger partial charge in [0.05, 0.1) is 19.8 Å². The number of hydrogen-bond acceptors (Lipinski definition) is 8. The molecule has 2 bridgehead atoms. The van der Waals surface area contributed by atoms with Gasteiger partial charge < -0.3 is 24.3 Å². The SMILES string of the molecule is COc1ccc([C@H](Cc2c(Cl)c[nH+]cc2Cl)OC(=O)c2cccc(CCNC(C(=O)O[C@H]3CN4CCC3CC4)c3ccccc3F)c2)cc1OC. The third-order valence-electron chi connectivity index (χ3n) is 9.66. The Kier molecular flexibility index (Phi) is 12.1. The molecule has 1 unspecified atom stereocenters. The molecular weight excluding hydrogens is 696 g/mol. The molecule has 3 aliphatic rings. The number of methoxy groups -OCH3 is 2. The first kappa shape index (κ1) is 36.6. The molecule has 1 aromatic heterocycles. The van der Waals surface area contributed by atoms with Crippen molar-refractivity contribution >= 4 is 35.1 Å². The minimum absolute atomic E-state index is 0.199. The maximum Gasteiger partial charge on any atom is 0.338 e. The van der Waals surface area contributed by atoms with E-state index in [9.17, 15) is 14.0 Å². The number of pyridine rings is 1. The van der Waals surface area contributed by atoms with Crippen molar-refractivity contribution in [3.05, 3.63) is 123 Å². The Balaban J connectivity index is 1.16. The van der Waals surface area contributed by atoms with Crippen molar-refractivity contribution in [3.63, 3.8) is 0 Å². The second-order valence-corrected chi connectivity index (χ2v) is 13.6. The van der Waals surface area contributed by atoms with Crippen LogP contribution in [0.1, 0.15) is 57.6 Å². The molecule has 7 rings (SSSR count). The summed E-state index contributed by atoms with van der Waals surface area (Å²) < 4.78 is 38.0. The summed E-state index contributed by atoms with van der Waals surface area (Å²) in [6.07, 6.45) is 4.89. The van der Waals surface area contributed by atoms with Gasteiger partial charge in [-0.05, 0) is 79.7 Å². The number of halogens is 3. The molecule has 0 radical (unpaired) electrons. The summed E-state index contributed by atoms with van der Waals surface area (Å²) in [7, 11) is 3.08. The van der Waals surface area contributed by atoms with Crippen LogP contribution in [-0.4, -0.2) is 63.3 Å². The lowest BCUT2D eigenvalue weighted by Crippen LogP contribution is -2.52. The van der Waals surface area contributed by atoms with Gasteiger partial charge in [0.2, 0.25) is 0 Å². The molecule has 0 saturated carbocycles. The van der Waals surface area contributed by atoms with E-state index >= 15 is 0 Å². The Labute approximate surface area is 307 Å². The quantitative estimate of drug-likeness (QED) is 0.144. The monoisotopic (exact) mass is 736 g/mol. The van der Waals surface area contributed by atoms with Crippen LogP contribution in [-0.2, 0) is 27.1 Å². The minimum atomic E-state index is -0.980. The van der Waals surface area contributed by atoms with Crippen LogP contribution < -0.4 is 19.8 Å². The molecule has 3 saturated heterocycles. The van der Waals surface area contributed by atoms with E-state index < -0.39 is 29.9 Å². The van der Waals surface area contributed by atoms with Crippen molar-refractivity contribution in [2.45, 2.75) is 43.9 Å². The van der Waals surface area contributed by atoms with Gasteiger partial charge in [0.1, 0.15) is 34.1 Å². The predicted octanol–water partition coefficient (Wildman–Crippen LogP) is 6.62. The molecular formula is C39H41Cl2FN3O6+. The van der Waals surface area contributed by atoms with E-state index in [0.717, 1.165) is 31.5 Å². The Bertz CT molecular complexity index is 1830. The first-order valence-corrected chi connectivity index (χ1v) is 17.8. The van der Waals surface area contributed by atoms with Crippen LogP contribution in [0.5, 0.6) is 11.5 Å². The zero-order valence-electron chi connectivity index (χ0n) is 28.5. The van der Waals surface area contributed by atoms with Crippen molar-refractivity contribution in [2.75, 3.05) is 40.4 Å². The summed E-state index contributed by atoms with van der Waals surface area (Å²) in [6.45, 7) is 3.07. The van der Waals surface area contributed by atoms with Crippen molar-refractivity contribution in [3.8, 4) is 11.5 Å². The van der Waals surface area contributed by atoms with E-state index in [-0.39, 0.29) is 18.1 Å². The number of nitrogens with zero attached hydrogens (tertiary/aromatic N) is 1. The number of ether oxygens (including phenoxy) is 4. The number of carbonyl (C=O) groups is 2. The highest BCUT2D eigenvalue weighted by Gasteiger charge is 2.38. The molecule has 51 heavy (non-hydrogen) atoms. The van der Waals surface area contributed by atoms with Gasteiger partial charge in [0, 0.05) is 30.6 Å². The molecule has 3 aromatic carbocycles. The standard InChI is InChI=1S/C39H40Cl2FN3O6/c1-48-33-11-10-26(19-35(33)49-2)34(20-29-30(40)21-43-22-31(29)41)50-38(46)27-7-5-6-24(18-27)12-15-44-37(28-8-3-4-9-32(28)42)39(47)51-36-23-45-16-13-25(36)14-17-45/h3-11,18-19,21-22,25,34,36-37,44H,12-17,20,23H2,1-2H3/p+1/t34-,36-,37?/m0/s1. The zero-order chi connectivity index (χ0) is 35.9. The lowest BCUT2D eigenvalue weighted by atomic mass is 9.86. The van der Waals surface area contributed by atoms with Gasteiger partial charge in [-0.3, -0.25) is 4.90 Å². The smallest absolute Gasteiger partial charge is 0.338 e. The second kappa shape index (κ2) is 16.9. The van der Waals surface area contributed by atoms with Gasteiger partial charge in [-0.25, -0.2) is 19.0 Å². The third-order valence-corrected chi connectivity index (χ3v) is 10.3. The number of benzene rings is 3. The van der Waals surface area contributed by atoms with Gasteiger partial charge >= 0.3 is 11.9 Å². The number of nitrogens with one attached hydrogen (secondary N) is 2. The van der Waals surface area contributed by atoms with Gasteiger partial charge in [-0.2, -0.15) is 0 Å². The van der Waals surface area contributed by atoms with Gasteiger partial charge in [0.15, 0.2) is 23.9 Å². The lowest BCUT2D eigenvalue weighted by molar-refractivity contribution is -0.377. The number of aromatic nitrogens is 1. The van der Waals surface area contributed by atoms with E-state index in [2.05, 4.69) is 15.2 Å². The highest BCUT2D eigenvalue weighted by molar-refractivity contribution is 6.35. The molecule has 9 nitrogen and oxygen atoms in total. The van der Waals surface area contributed by atoms with Crippen LogP contribution in [0.4, 0.5) is 4.39 Å². The molecule has 3 atom stereocenters. The average Bonchev–Trinajstić information content (AvgIpc) is 3.15. The van der Waals surface area contributed by atoms with Crippen LogP contribution in [0.25, 0.3) is 0 Å². The third kappa shape index (κ3) is 8.81. The molecule has 4 aromatic rings. The highest BCUT2D eigenvalue weighted by atomic mass is 35.5. The number of carbonyl (C=O) groups excluding carboxylic acids is 2. The van der Waals surface area contributed by atoms with E-state index in [1.807, 2.05) is 6.07 Å². The molecule has 2 N–H and O–H groups in total. The molecule has 268 valence electrons. The molecule has 3 aliphatic heterocycles. The van der Waals surface area contributed by atoms with E-state index in [0.29, 0.717) is 63.7 Å². The largest absolute Gasteiger partial charge is 0.493 e. The minimum Gasteiger partial charge on any atom is -0.493 e. The highest BCUT2D eigenvalue weighted by Crippen LogP contribution is 2.36. The van der Waals surface area contributed by atoms with Crippen LogP contribution in [0.15, 0.2) is 79.1 Å². The number of piperidine rings is 3. The summed E-state index contributed by atoms with van der Waals surface area (Å²) >= 11 is 13.0. The van der Waals surface area contributed by atoms with E-state index in [4.69, 9.17) is 42.1 Å². The van der Waals surface area contributed by atoms with Crippen molar-refractivity contribution in [2.24, 2.45) is 5.92 Å². The van der Waals surface area contributed by atoms with Crippen LogP contribution in [0, 0.1) is 11.7 Å². The van der Waals surface area contributed by atoms with Gasteiger partial charge in [-0.1, -0.05) is 59.6 Å². The second-order valence-electron chi connectivity index (χ2n) is 12.8. The number of esters is 2. The number of H-pyrrole nitrogens is 1. The summed E-state index contributed by atoms with van der Waals surface area (Å²) in [5, 5.41) is 4.03. The first-order chi connectivity index (χ1) is 24.7. The molecule has 0 amide bonds. The predicted molar refractivity (Wildman–Crippen MR) is 191 cm³/mol. The summed E-state index contributed by atoms with van der Waals surface area (Å²) in [4.78, 5) is 32.4. The number of aromatic amines is 1. The fourth-order valence-electron chi connectivity index (χ4n) is 6.84. The first-order valence-electron chi connectivity index (χ1n) is 17.0. The molecule has 0 aliphatic carbocycles. The number of fused-ring (bicyclic) bond motifs is 3. The fraction of sp³-hybridized carbons (Fsp3) is 0.359. The van der Waals surface area contributed by atoms with Crippen LogP contribution >= 0.6 is 23.2 Å². The lowest BCUT2D eigenvalue weighted by Gasteiger charge is -2.44. The summed E-state index contributed by atoms with van der Waals surface area (Å²) in [5.74, 6) is -0.188. The molecule has 4 heterocycles. The van der Waals surface area contributed by atoms with Crippen molar-refractivity contribution in [1.29, 1.82) is 0 Å². The Morgan fingerprint density at radius 2 is 1.71 bits per heavy atom. The summed E-state index contributed by atoms with van der Waals surface area (Å²) in [6, 6.07) is 17.6. The zero-order valence-corrected chi connectivity index (χ0v) is 30.0. The van der Waals surface area contributed by atoms with Crippen LogP contribution in [0.2, 0.25) is 10.0 Å². The Hall–Kier alpha value is -4.22. The van der Waals surface area contributed by atoms with Gasteiger partial charge in [0.25, 0.3) is 0 Å². The number of hydrogen-bond donors (Lipinski definition) is 1. The van der Waals surface area contributed by atoms with Crippen molar-refractivity contribution in [1.82, 2.24) is 10.2 Å². The fourth-order valence-corrected chi connectivity index (χ4v) is 7.37.